The van der Waals surface area contributed by atoms with Crippen LogP contribution in [0, 0.1) is 11.8 Å². The Morgan fingerprint density at radius 2 is 1.49 bits per heavy atom. The molecule has 0 aliphatic heterocycles. The molecule has 11 heteroatoms. The fourth-order valence-electron chi connectivity index (χ4n) is 6.15. The molecule has 0 bridgehead atoms. The molecule has 3 fully saturated rings. The SMILES string of the molecule is CCC(=O)OC(NC=O)C(=O)N(C)C1CCC(C(=O)NC2CCC(NC(=O)NC3CCCCC3C)CC2)CC1. The van der Waals surface area contributed by atoms with Crippen LogP contribution in [0.1, 0.15) is 97.3 Å². The van der Waals surface area contributed by atoms with Crippen LogP contribution in [0.4, 0.5) is 4.79 Å². The first kappa shape index (κ1) is 30.7. The predicted molar refractivity (Wildman–Crippen MR) is 145 cm³/mol. The van der Waals surface area contributed by atoms with Crippen LogP contribution >= 0.6 is 0 Å². The van der Waals surface area contributed by atoms with Crippen LogP contribution in [-0.2, 0) is 23.9 Å². The summed E-state index contributed by atoms with van der Waals surface area (Å²) in [5.41, 5.74) is 0. The summed E-state index contributed by atoms with van der Waals surface area (Å²) in [7, 11) is 1.63. The summed E-state index contributed by atoms with van der Waals surface area (Å²) in [6, 6.07) is 0.341. The van der Waals surface area contributed by atoms with Crippen molar-refractivity contribution in [1.82, 2.24) is 26.2 Å². The number of rotatable bonds is 10. The Hall–Kier alpha value is -2.85. The monoisotopic (exact) mass is 549 g/mol. The van der Waals surface area contributed by atoms with Crippen LogP contribution in [0.5, 0.6) is 0 Å². The van der Waals surface area contributed by atoms with Gasteiger partial charge in [-0.2, -0.15) is 0 Å². The highest BCUT2D eigenvalue weighted by Gasteiger charge is 2.35. The third-order valence-corrected chi connectivity index (χ3v) is 8.78. The zero-order valence-corrected chi connectivity index (χ0v) is 23.7. The van der Waals surface area contributed by atoms with Gasteiger partial charge in [0.15, 0.2) is 0 Å². The lowest BCUT2D eigenvalue weighted by molar-refractivity contribution is -0.163. The summed E-state index contributed by atoms with van der Waals surface area (Å²) in [5.74, 6) is -0.582. The van der Waals surface area contributed by atoms with Crippen molar-refractivity contribution in [2.24, 2.45) is 11.8 Å². The molecule has 0 spiro atoms. The number of nitrogens with zero attached hydrogens (tertiary/aromatic N) is 1. The summed E-state index contributed by atoms with van der Waals surface area (Å²) in [5, 5.41) is 11.8. The number of hydrogen-bond donors (Lipinski definition) is 4. The van der Waals surface area contributed by atoms with Crippen LogP contribution in [0.2, 0.25) is 0 Å². The van der Waals surface area contributed by atoms with Gasteiger partial charge in [0.2, 0.25) is 12.3 Å². The van der Waals surface area contributed by atoms with Crippen molar-refractivity contribution in [3.05, 3.63) is 0 Å². The van der Waals surface area contributed by atoms with E-state index in [9.17, 15) is 24.0 Å². The van der Waals surface area contributed by atoms with Gasteiger partial charge in [0.05, 0.1) is 0 Å². The molecule has 3 unspecified atom stereocenters. The minimum atomic E-state index is -1.34. The maximum atomic E-state index is 13.0. The smallest absolute Gasteiger partial charge is 0.315 e. The van der Waals surface area contributed by atoms with Gasteiger partial charge < -0.3 is 30.9 Å². The molecule has 39 heavy (non-hydrogen) atoms. The number of likely N-dealkylation sites (N-methyl/N-ethyl adjacent to an activating group) is 1. The lowest BCUT2D eigenvalue weighted by Gasteiger charge is -2.36. The van der Waals surface area contributed by atoms with E-state index in [1.165, 1.54) is 24.2 Å². The Bertz CT molecular complexity index is 853. The third kappa shape index (κ3) is 9.10. The van der Waals surface area contributed by atoms with Crippen molar-refractivity contribution >= 4 is 30.2 Å². The van der Waals surface area contributed by atoms with Crippen molar-refractivity contribution in [1.29, 1.82) is 0 Å². The molecule has 4 N–H and O–H groups in total. The maximum Gasteiger partial charge on any atom is 0.315 e. The molecule has 0 heterocycles. The number of nitrogens with one attached hydrogen (secondary N) is 4. The molecule has 3 aliphatic carbocycles. The minimum Gasteiger partial charge on any atom is -0.432 e. The number of urea groups is 1. The second-order valence-electron chi connectivity index (χ2n) is 11.5. The van der Waals surface area contributed by atoms with E-state index in [0.717, 1.165) is 32.1 Å². The lowest BCUT2D eigenvalue weighted by atomic mass is 9.84. The van der Waals surface area contributed by atoms with Gasteiger partial charge in [0.1, 0.15) is 0 Å². The standard InChI is InChI=1S/C28H47N5O6/c1-4-24(35)39-26(29-17-34)27(37)33(3)22-15-9-19(10-16-22)25(36)30-20-11-13-21(14-12-20)31-28(38)32-23-8-6-5-7-18(23)2/h17-23,26H,4-16H2,1-3H3,(H,29,34)(H,30,36)(H2,31,32,38). The molecular weight excluding hydrogens is 502 g/mol. The highest BCUT2D eigenvalue weighted by atomic mass is 16.6. The topological polar surface area (TPSA) is 146 Å². The first-order chi connectivity index (χ1) is 18.7. The fraction of sp³-hybridized carbons (Fsp3) is 0.821. The van der Waals surface area contributed by atoms with Crippen molar-refractivity contribution in [2.45, 2.75) is 128 Å². The zero-order chi connectivity index (χ0) is 28.4. The van der Waals surface area contributed by atoms with Crippen LogP contribution in [0.25, 0.3) is 0 Å². The second-order valence-corrected chi connectivity index (χ2v) is 11.5. The van der Waals surface area contributed by atoms with E-state index in [2.05, 4.69) is 28.2 Å². The van der Waals surface area contributed by atoms with E-state index in [0.29, 0.717) is 38.0 Å². The van der Waals surface area contributed by atoms with Gasteiger partial charge in [-0.3, -0.25) is 19.2 Å². The number of amides is 5. The average Bonchev–Trinajstić information content (AvgIpc) is 2.94. The Morgan fingerprint density at radius 3 is 2.08 bits per heavy atom. The van der Waals surface area contributed by atoms with Gasteiger partial charge >= 0.3 is 12.0 Å². The highest BCUT2D eigenvalue weighted by Crippen LogP contribution is 2.29. The third-order valence-electron chi connectivity index (χ3n) is 8.78. The summed E-state index contributed by atoms with van der Waals surface area (Å²) >= 11 is 0. The molecule has 0 radical (unpaired) electrons. The van der Waals surface area contributed by atoms with Gasteiger partial charge in [0.25, 0.3) is 12.1 Å². The first-order valence-electron chi connectivity index (χ1n) is 14.7. The molecule has 0 saturated heterocycles. The molecule has 5 amide bonds. The van der Waals surface area contributed by atoms with Crippen LogP contribution in [-0.4, -0.2) is 72.6 Å². The van der Waals surface area contributed by atoms with Crippen LogP contribution < -0.4 is 21.3 Å². The Balaban J connectivity index is 1.36. The van der Waals surface area contributed by atoms with Crippen LogP contribution in [0.15, 0.2) is 0 Å². The molecular formula is C28H47N5O6. The quantitative estimate of drug-likeness (QED) is 0.187. The highest BCUT2D eigenvalue weighted by molar-refractivity contribution is 5.85. The second kappa shape index (κ2) is 15.1. The number of esters is 1. The molecule has 0 aromatic heterocycles. The molecule has 11 nitrogen and oxygen atoms in total. The van der Waals surface area contributed by atoms with E-state index in [1.54, 1.807) is 14.0 Å². The van der Waals surface area contributed by atoms with Gasteiger partial charge in [0, 0.05) is 43.6 Å². The van der Waals surface area contributed by atoms with Crippen molar-refractivity contribution in [3.63, 3.8) is 0 Å². The Labute approximate surface area is 231 Å². The van der Waals surface area contributed by atoms with Crippen LogP contribution in [0.3, 0.4) is 0 Å². The Kier molecular flexibility index (Phi) is 11.9. The summed E-state index contributed by atoms with van der Waals surface area (Å²) in [6.07, 6.45) is 9.72. The summed E-state index contributed by atoms with van der Waals surface area (Å²) < 4.78 is 5.06. The van der Waals surface area contributed by atoms with E-state index in [1.807, 2.05) is 0 Å². The van der Waals surface area contributed by atoms with Crippen molar-refractivity contribution < 1.29 is 28.7 Å². The maximum absolute atomic E-state index is 13.0. The van der Waals surface area contributed by atoms with E-state index in [-0.39, 0.29) is 48.4 Å². The van der Waals surface area contributed by atoms with Gasteiger partial charge in [-0.25, -0.2) is 4.79 Å². The number of carbonyl (C=O) groups is 5. The average molecular weight is 550 g/mol. The van der Waals surface area contributed by atoms with Gasteiger partial charge in [-0.05, 0) is 70.1 Å². The number of hydrogen-bond acceptors (Lipinski definition) is 6. The minimum absolute atomic E-state index is 0.0558. The Morgan fingerprint density at radius 1 is 0.872 bits per heavy atom. The number of ether oxygens (including phenoxy) is 1. The number of carbonyl (C=O) groups excluding carboxylic acids is 5. The van der Waals surface area contributed by atoms with Gasteiger partial charge in [-0.15, -0.1) is 0 Å². The molecule has 3 rings (SSSR count). The van der Waals surface area contributed by atoms with E-state index in [4.69, 9.17) is 4.74 Å². The van der Waals surface area contributed by atoms with Gasteiger partial charge in [-0.1, -0.05) is 26.7 Å². The van der Waals surface area contributed by atoms with E-state index < -0.39 is 18.1 Å². The first-order valence-corrected chi connectivity index (χ1v) is 14.7. The molecule has 3 atom stereocenters. The summed E-state index contributed by atoms with van der Waals surface area (Å²) in [4.78, 5) is 62.2. The van der Waals surface area contributed by atoms with Crippen molar-refractivity contribution in [3.8, 4) is 0 Å². The zero-order valence-electron chi connectivity index (χ0n) is 23.7. The van der Waals surface area contributed by atoms with E-state index >= 15 is 0 Å². The lowest BCUT2D eigenvalue weighted by Crippen LogP contribution is -2.52. The molecule has 0 aromatic rings. The predicted octanol–water partition coefficient (Wildman–Crippen LogP) is 2.33. The normalized spacial score (nSPS) is 29.7. The molecule has 0 aromatic carbocycles. The molecule has 3 aliphatic rings. The molecule has 220 valence electrons. The fourth-order valence-corrected chi connectivity index (χ4v) is 6.15. The largest absolute Gasteiger partial charge is 0.432 e. The molecule has 3 saturated carbocycles. The summed E-state index contributed by atoms with van der Waals surface area (Å²) in [6.45, 7) is 3.82. The van der Waals surface area contributed by atoms with Crippen molar-refractivity contribution in [2.75, 3.05) is 7.05 Å².